The van der Waals surface area contributed by atoms with Crippen molar-refractivity contribution >= 4 is 17.7 Å². The van der Waals surface area contributed by atoms with Crippen molar-refractivity contribution in [3.05, 3.63) is 18.6 Å². The van der Waals surface area contributed by atoms with Crippen LogP contribution in [0.1, 0.15) is 38.5 Å². The Morgan fingerprint density at radius 2 is 2.00 bits per heavy atom. The predicted molar refractivity (Wildman–Crippen MR) is 88.5 cm³/mol. The Labute approximate surface area is 141 Å². The van der Waals surface area contributed by atoms with Gasteiger partial charge in [-0.2, -0.15) is 0 Å². The highest BCUT2D eigenvalue weighted by molar-refractivity contribution is 5.79. The number of carbonyl (C=O) groups excluding carboxylic acids is 1. The number of carboxylic acid groups (broad SMARTS) is 1. The number of nitrogens with one attached hydrogen (secondary N) is 1. The molecule has 3 rings (SSSR count). The zero-order chi connectivity index (χ0) is 16.9. The molecular weight excluding hydrogens is 308 g/mol. The molecule has 2 heterocycles. The fourth-order valence-corrected chi connectivity index (χ4v) is 3.56. The lowest BCUT2D eigenvalue weighted by molar-refractivity contribution is -0.137. The van der Waals surface area contributed by atoms with Crippen LogP contribution in [0, 0.1) is 11.8 Å². The second-order valence-corrected chi connectivity index (χ2v) is 6.80. The van der Waals surface area contributed by atoms with Crippen molar-refractivity contribution in [1.82, 2.24) is 15.3 Å². The predicted octanol–water partition coefficient (Wildman–Crippen LogP) is 1.45. The molecule has 7 heteroatoms. The molecule has 0 aromatic carbocycles. The standard InChI is InChI=1S/C17H24N4O3/c22-16(23)2-1-12-9-14(10-12)20-17(24)13-3-7-21(8-4-13)15-11-18-5-6-19-15/h5-6,11-14H,1-4,7-10H2,(H,20,24)(H,22,23). The highest BCUT2D eigenvalue weighted by Crippen LogP contribution is 2.32. The molecule has 1 amide bonds. The van der Waals surface area contributed by atoms with Crippen molar-refractivity contribution in [2.75, 3.05) is 18.0 Å². The van der Waals surface area contributed by atoms with Crippen molar-refractivity contribution in [3.63, 3.8) is 0 Å². The van der Waals surface area contributed by atoms with Crippen LogP contribution in [0.3, 0.4) is 0 Å². The number of piperidine rings is 1. The van der Waals surface area contributed by atoms with Gasteiger partial charge in [-0.15, -0.1) is 0 Å². The zero-order valence-corrected chi connectivity index (χ0v) is 13.7. The summed E-state index contributed by atoms with van der Waals surface area (Å²) in [5, 5.41) is 11.8. The second kappa shape index (κ2) is 7.59. The van der Waals surface area contributed by atoms with Crippen molar-refractivity contribution < 1.29 is 14.7 Å². The highest BCUT2D eigenvalue weighted by atomic mass is 16.4. The summed E-state index contributed by atoms with van der Waals surface area (Å²) in [6.45, 7) is 1.64. The quantitative estimate of drug-likeness (QED) is 0.819. The van der Waals surface area contributed by atoms with Crippen molar-refractivity contribution in [1.29, 1.82) is 0 Å². The van der Waals surface area contributed by atoms with Crippen molar-refractivity contribution in [2.45, 2.75) is 44.6 Å². The molecule has 1 saturated carbocycles. The number of carboxylic acids is 1. The summed E-state index contributed by atoms with van der Waals surface area (Å²) in [4.78, 5) is 33.5. The first-order valence-corrected chi connectivity index (χ1v) is 8.65. The summed E-state index contributed by atoms with van der Waals surface area (Å²) in [5.74, 6) is 0.797. The molecule has 0 spiro atoms. The van der Waals surface area contributed by atoms with E-state index in [0.717, 1.165) is 51.0 Å². The summed E-state index contributed by atoms with van der Waals surface area (Å²) < 4.78 is 0. The maximum atomic E-state index is 12.4. The first kappa shape index (κ1) is 16.7. The SMILES string of the molecule is O=C(O)CCC1CC(NC(=O)C2CCN(c3cnccn3)CC2)C1. The summed E-state index contributed by atoms with van der Waals surface area (Å²) in [6, 6.07) is 0.231. The van der Waals surface area contributed by atoms with E-state index in [1.807, 2.05) is 0 Å². The molecular formula is C17H24N4O3. The number of hydrogen-bond acceptors (Lipinski definition) is 5. The van der Waals surface area contributed by atoms with E-state index in [0.29, 0.717) is 5.92 Å². The number of rotatable bonds is 6. The monoisotopic (exact) mass is 332 g/mol. The Morgan fingerprint density at radius 1 is 1.25 bits per heavy atom. The Hall–Kier alpha value is -2.18. The van der Waals surface area contributed by atoms with Crippen LogP contribution >= 0.6 is 0 Å². The summed E-state index contributed by atoms with van der Waals surface area (Å²) in [5.41, 5.74) is 0. The largest absolute Gasteiger partial charge is 0.481 e. The summed E-state index contributed by atoms with van der Waals surface area (Å²) in [6.07, 6.45) is 9.54. The fourth-order valence-electron chi connectivity index (χ4n) is 3.56. The van der Waals surface area contributed by atoms with E-state index in [1.165, 1.54) is 0 Å². The lowest BCUT2D eigenvalue weighted by atomic mass is 9.77. The van der Waals surface area contributed by atoms with Gasteiger partial charge in [-0.1, -0.05) is 0 Å². The van der Waals surface area contributed by atoms with E-state index in [-0.39, 0.29) is 24.3 Å². The van der Waals surface area contributed by atoms with Gasteiger partial charge in [0.05, 0.1) is 6.20 Å². The third-order valence-electron chi connectivity index (χ3n) is 5.09. The Morgan fingerprint density at radius 3 is 2.62 bits per heavy atom. The average Bonchev–Trinajstić information content (AvgIpc) is 2.57. The number of amides is 1. The minimum Gasteiger partial charge on any atom is -0.481 e. The molecule has 1 aliphatic carbocycles. The number of nitrogens with zero attached hydrogens (tertiary/aromatic N) is 3. The first-order chi connectivity index (χ1) is 11.6. The molecule has 2 fully saturated rings. The number of aromatic nitrogens is 2. The normalized spacial score (nSPS) is 24.2. The van der Waals surface area contributed by atoms with Gasteiger partial charge in [0.1, 0.15) is 5.82 Å². The minimum atomic E-state index is -0.739. The molecule has 0 atom stereocenters. The highest BCUT2D eigenvalue weighted by Gasteiger charge is 2.33. The van der Waals surface area contributed by atoms with Crippen LogP contribution in [0.4, 0.5) is 5.82 Å². The van der Waals surface area contributed by atoms with Gasteiger partial charge >= 0.3 is 5.97 Å². The lowest BCUT2D eigenvalue weighted by Gasteiger charge is -2.38. The number of carbonyl (C=O) groups is 2. The molecule has 1 saturated heterocycles. The molecule has 0 unspecified atom stereocenters. The maximum Gasteiger partial charge on any atom is 0.303 e. The Bertz CT molecular complexity index is 566. The number of anilines is 1. The molecule has 130 valence electrons. The lowest BCUT2D eigenvalue weighted by Crippen LogP contribution is -2.48. The third kappa shape index (κ3) is 4.21. The smallest absolute Gasteiger partial charge is 0.303 e. The third-order valence-corrected chi connectivity index (χ3v) is 5.09. The molecule has 2 N–H and O–H groups in total. The Kier molecular flexibility index (Phi) is 5.27. The van der Waals surface area contributed by atoms with Crippen LogP contribution in [0.5, 0.6) is 0 Å². The first-order valence-electron chi connectivity index (χ1n) is 8.65. The summed E-state index contributed by atoms with van der Waals surface area (Å²) in [7, 11) is 0. The van der Waals surface area contributed by atoms with Gasteiger partial charge in [0.2, 0.25) is 5.91 Å². The van der Waals surface area contributed by atoms with Crippen LogP contribution in [0.15, 0.2) is 18.6 Å². The molecule has 1 aromatic heterocycles. The van der Waals surface area contributed by atoms with Gasteiger partial charge in [0, 0.05) is 43.9 Å². The molecule has 24 heavy (non-hydrogen) atoms. The van der Waals surface area contributed by atoms with E-state index >= 15 is 0 Å². The molecule has 0 bridgehead atoms. The van der Waals surface area contributed by atoms with Crippen LogP contribution in [-0.4, -0.2) is 46.1 Å². The number of hydrogen-bond donors (Lipinski definition) is 2. The van der Waals surface area contributed by atoms with Crippen molar-refractivity contribution in [3.8, 4) is 0 Å². The van der Waals surface area contributed by atoms with Crippen molar-refractivity contribution in [2.24, 2.45) is 11.8 Å². The second-order valence-electron chi connectivity index (χ2n) is 6.80. The van der Waals surface area contributed by atoms with Gasteiger partial charge in [-0.25, -0.2) is 4.98 Å². The molecule has 0 radical (unpaired) electrons. The topological polar surface area (TPSA) is 95.4 Å². The van der Waals surface area contributed by atoms with Gasteiger partial charge < -0.3 is 15.3 Å². The fraction of sp³-hybridized carbons (Fsp3) is 0.647. The molecule has 2 aliphatic rings. The van der Waals surface area contributed by atoms with Crippen LogP contribution in [0.25, 0.3) is 0 Å². The maximum absolute atomic E-state index is 12.4. The van der Waals surface area contributed by atoms with Gasteiger partial charge in [0.25, 0.3) is 0 Å². The van der Waals surface area contributed by atoms with Gasteiger partial charge in [0.15, 0.2) is 0 Å². The van der Waals surface area contributed by atoms with E-state index in [2.05, 4.69) is 20.2 Å². The van der Waals surface area contributed by atoms with Gasteiger partial charge in [-0.3, -0.25) is 14.6 Å². The van der Waals surface area contributed by atoms with E-state index in [9.17, 15) is 9.59 Å². The van der Waals surface area contributed by atoms with Crippen LogP contribution in [0.2, 0.25) is 0 Å². The summed E-state index contributed by atoms with van der Waals surface area (Å²) >= 11 is 0. The Balaban J connectivity index is 1.37. The number of aliphatic carboxylic acids is 1. The van der Waals surface area contributed by atoms with Crippen LogP contribution < -0.4 is 10.2 Å². The van der Waals surface area contributed by atoms with E-state index in [1.54, 1.807) is 18.6 Å². The molecule has 1 aromatic rings. The zero-order valence-electron chi connectivity index (χ0n) is 13.7. The minimum absolute atomic E-state index is 0.0657. The average molecular weight is 332 g/mol. The van der Waals surface area contributed by atoms with E-state index in [4.69, 9.17) is 5.11 Å². The molecule has 1 aliphatic heterocycles. The van der Waals surface area contributed by atoms with Gasteiger partial charge in [-0.05, 0) is 38.0 Å². The molecule has 7 nitrogen and oxygen atoms in total. The van der Waals surface area contributed by atoms with Crippen LogP contribution in [-0.2, 0) is 9.59 Å². The van der Waals surface area contributed by atoms with E-state index < -0.39 is 5.97 Å².